The molecule has 0 saturated heterocycles. The Morgan fingerprint density at radius 3 is 2.23 bits per heavy atom. The second-order valence-electron chi connectivity index (χ2n) is 4.12. The number of benzene rings is 2. The van der Waals surface area contributed by atoms with E-state index in [4.69, 9.17) is 46.4 Å². The van der Waals surface area contributed by atoms with Gasteiger partial charge in [0.15, 0.2) is 0 Å². The molecule has 1 amide bonds. The number of amides is 1. The predicted octanol–water partition coefficient (Wildman–Crippen LogP) is 5.46. The van der Waals surface area contributed by atoms with Crippen molar-refractivity contribution in [3.8, 4) is 0 Å². The average Bonchev–Trinajstić information content (AvgIpc) is 2.45. The molecule has 0 unspecified atom stereocenters. The number of carbonyl (C=O) groups excluding carboxylic acids is 1. The Bertz CT molecular complexity index is 780. The van der Waals surface area contributed by atoms with Crippen LogP contribution in [0.5, 0.6) is 0 Å². The number of nitro benzene ring substituents is 1. The summed E-state index contributed by atoms with van der Waals surface area (Å²) in [5, 5.41) is 13.6. The summed E-state index contributed by atoms with van der Waals surface area (Å²) in [5.74, 6) is -0.509. The number of anilines is 1. The van der Waals surface area contributed by atoms with Crippen molar-refractivity contribution in [2.75, 3.05) is 5.32 Å². The van der Waals surface area contributed by atoms with Crippen LogP contribution in [-0.4, -0.2) is 10.8 Å². The van der Waals surface area contributed by atoms with Crippen LogP contribution in [0.25, 0.3) is 0 Å². The van der Waals surface area contributed by atoms with E-state index in [9.17, 15) is 14.9 Å². The lowest BCUT2D eigenvalue weighted by molar-refractivity contribution is -0.384. The topological polar surface area (TPSA) is 72.2 Å². The summed E-state index contributed by atoms with van der Waals surface area (Å²) >= 11 is 23.3. The SMILES string of the molecule is O=C(Nc1cc(Cl)c([N+](=O)[O-])cc1Cl)c1ccc(Cl)c(Cl)c1. The lowest BCUT2D eigenvalue weighted by Crippen LogP contribution is -2.12. The van der Waals surface area contributed by atoms with Gasteiger partial charge in [-0.2, -0.15) is 0 Å². The van der Waals surface area contributed by atoms with Gasteiger partial charge in [-0.15, -0.1) is 0 Å². The third-order valence-electron chi connectivity index (χ3n) is 2.66. The van der Waals surface area contributed by atoms with Gasteiger partial charge in [0.2, 0.25) is 0 Å². The van der Waals surface area contributed by atoms with E-state index in [0.717, 1.165) is 6.07 Å². The Morgan fingerprint density at radius 1 is 0.955 bits per heavy atom. The van der Waals surface area contributed by atoms with E-state index in [1.165, 1.54) is 24.3 Å². The number of halogens is 4. The molecule has 1 N–H and O–H groups in total. The standard InChI is InChI=1S/C13H6Cl4N2O3/c14-7-2-1-6(3-8(7)15)13(20)18-11-4-10(17)12(19(21)22)5-9(11)16/h1-5H,(H,18,20). The molecule has 0 atom stereocenters. The lowest BCUT2D eigenvalue weighted by Gasteiger charge is -2.08. The van der Waals surface area contributed by atoms with Crippen LogP contribution in [0.2, 0.25) is 20.1 Å². The first kappa shape index (κ1) is 16.8. The number of nitrogens with zero attached hydrogens (tertiary/aromatic N) is 1. The summed E-state index contributed by atoms with van der Waals surface area (Å²) < 4.78 is 0. The fourth-order valence-electron chi connectivity index (χ4n) is 1.60. The fraction of sp³-hybridized carbons (Fsp3) is 0. The van der Waals surface area contributed by atoms with Crippen LogP contribution in [-0.2, 0) is 0 Å². The van der Waals surface area contributed by atoms with Gasteiger partial charge in [-0.25, -0.2) is 0 Å². The zero-order valence-electron chi connectivity index (χ0n) is 10.6. The molecule has 2 rings (SSSR count). The summed E-state index contributed by atoms with van der Waals surface area (Å²) in [6, 6.07) is 6.61. The first-order chi connectivity index (χ1) is 10.3. The third kappa shape index (κ3) is 3.62. The Balaban J connectivity index is 2.30. The molecule has 0 aliphatic heterocycles. The molecule has 0 saturated carbocycles. The maximum Gasteiger partial charge on any atom is 0.289 e. The zero-order valence-corrected chi connectivity index (χ0v) is 13.6. The summed E-state index contributed by atoms with van der Waals surface area (Å²) in [6.07, 6.45) is 0. The molecule has 2 aromatic carbocycles. The van der Waals surface area contributed by atoms with Crippen LogP contribution in [0.1, 0.15) is 10.4 Å². The van der Waals surface area contributed by atoms with Crippen molar-refractivity contribution in [1.82, 2.24) is 0 Å². The van der Waals surface area contributed by atoms with Crippen LogP contribution >= 0.6 is 46.4 Å². The van der Waals surface area contributed by atoms with Gasteiger partial charge >= 0.3 is 0 Å². The summed E-state index contributed by atoms with van der Waals surface area (Å²) in [5.41, 5.74) is 0.0486. The lowest BCUT2D eigenvalue weighted by atomic mass is 10.2. The number of nitrogens with one attached hydrogen (secondary N) is 1. The second kappa shape index (κ2) is 6.71. The fourth-order valence-corrected chi connectivity index (χ4v) is 2.34. The summed E-state index contributed by atoms with van der Waals surface area (Å²) in [6.45, 7) is 0. The predicted molar refractivity (Wildman–Crippen MR) is 87.5 cm³/mol. The maximum absolute atomic E-state index is 12.1. The Labute approximate surface area is 144 Å². The molecule has 0 aliphatic rings. The van der Waals surface area contributed by atoms with Crippen LogP contribution < -0.4 is 5.32 Å². The molecule has 0 bridgehead atoms. The molecule has 0 aliphatic carbocycles. The Morgan fingerprint density at radius 2 is 1.64 bits per heavy atom. The van der Waals surface area contributed by atoms with E-state index >= 15 is 0 Å². The Kier molecular flexibility index (Phi) is 5.13. The van der Waals surface area contributed by atoms with Gasteiger partial charge in [-0.05, 0) is 24.3 Å². The highest BCUT2D eigenvalue weighted by atomic mass is 35.5. The van der Waals surface area contributed by atoms with E-state index in [1.54, 1.807) is 0 Å². The molecular formula is C13H6Cl4N2O3. The minimum absolute atomic E-state index is 0.00971. The molecule has 0 fully saturated rings. The molecule has 0 heterocycles. The molecule has 0 spiro atoms. The number of nitro groups is 1. The highest BCUT2D eigenvalue weighted by Gasteiger charge is 2.18. The molecule has 0 radical (unpaired) electrons. The van der Waals surface area contributed by atoms with Crippen molar-refractivity contribution >= 4 is 63.7 Å². The summed E-state index contributed by atoms with van der Waals surface area (Å²) in [7, 11) is 0. The van der Waals surface area contributed by atoms with Crippen molar-refractivity contribution in [2.45, 2.75) is 0 Å². The van der Waals surface area contributed by atoms with Gasteiger partial charge in [-0.3, -0.25) is 14.9 Å². The van der Waals surface area contributed by atoms with Crippen LogP contribution in [0.3, 0.4) is 0 Å². The molecule has 9 heteroatoms. The van der Waals surface area contributed by atoms with Crippen LogP contribution in [0, 0.1) is 10.1 Å². The summed E-state index contributed by atoms with van der Waals surface area (Å²) in [4.78, 5) is 22.2. The van der Waals surface area contributed by atoms with Gasteiger partial charge in [-0.1, -0.05) is 46.4 Å². The maximum atomic E-state index is 12.1. The molecular weight excluding hydrogens is 374 g/mol. The largest absolute Gasteiger partial charge is 0.321 e. The number of hydrogen-bond donors (Lipinski definition) is 1. The first-order valence-corrected chi connectivity index (χ1v) is 7.20. The number of rotatable bonds is 3. The minimum atomic E-state index is -0.668. The van der Waals surface area contributed by atoms with E-state index < -0.39 is 10.8 Å². The van der Waals surface area contributed by atoms with Crippen molar-refractivity contribution in [3.63, 3.8) is 0 Å². The van der Waals surface area contributed by atoms with E-state index in [2.05, 4.69) is 5.32 Å². The third-order valence-corrected chi connectivity index (χ3v) is 4.02. The van der Waals surface area contributed by atoms with Gasteiger partial charge in [0.1, 0.15) is 5.02 Å². The average molecular weight is 380 g/mol. The molecule has 2 aromatic rings. The quantitative estimate of drug-likeness (QED) is 0.568. The van der Waals surface area contributed by atoms with Gasteiger partial charge in [0, 0.05) is 11.6 Å². The monoisotopic (exact) mass is 378 g/mol. The second-order valence-corrected chi connectivity index (χ2v) is 5.75. The Hall–Kier alpha value is -1.53. The molecule has 114 valence electrons. The number of hydrogen-bond acceptors (Lipinski definition) is 3. The van der Waals surface area contributed by atoms with E-state index in [0.29, 0.717) is 5.02 Å². The molecule has 5 nitrogen and oxygen atoms in total. The first-order valence-electron chi connectivity index (χ1n) is 5.69. The van der Waals surface area contributed by atoms with Gasteiger partial charge < -0.3 is 5.32 Å². The minimum Gasteiger partial charge on any atom is -0.321 e. The zero-order chi connectivity index (χ0) is 16.4. The number of carbonyl (C=O) groups is 1. The molecule has 22 heavy (non-hydrogen) atoms. The van der Waals surface area contributed by atoms with Crippen molar-refractivity contribution < 1.29 is 9.72 Å². The van der Waals surface area contributed by atoms with Crippen molar-refractivity contribution in [3.05, 3.63) is 66.1 Å². The van der Waals surface area contributed by atoms with E-state index in [-0.39, 0.29) is 32.0 Å². The molecule has 0 aromatic heterocycles. The van der Waals surface area contributed by atoms with Gasteiger partial charge in [0.25, 0.3) is 11.6 Å². The normalized spacial score (nSPS) is 10.4. The van der Waals surface area contributed by atoms with Crippen LogP contribution in [0.4, 0.5) is 11.4 Å². The van der Waals surface area contributed by atoms with E-state index in [1.807, 2.05) is 0 Å². The van der Waals surface area contributed by atoms with Gasteiger partial charge in [0.05, 0.1) is 25.7 Å². The smallest absolute Gasteiger partial charge is 0.289 e. The van der Waals surface area contributed by atoms with Crippen LogP contribution in [0.15, 0.2) is 30.3 Å². The highest BCUT2D eigenvalue weighted by Crippen LogP contribution is 2.34. The van der Waals surface area contributed by atoms with Crippen molar-refractivity contribution in [1.29, 1.82) is 0 Å². The highest BCUT2D eigenvalue weighted by molar-refractivity contribution is 6.42. The van der Waals surface area contributed by atoms with Crippen molar-refractivity contribution in [2.24, 2.45) is 0 Å².